The van der Waals surface area contributed by atoms with Gasteiger partial charge in [-0.05, 0) is 42.0 Å². The van der Waals surface area contributed by atoms with Crippen LogP contribution in [0.25, 0.3) is 10.9 Å². The molecule has 2 fully saturated rings. The molecule has 0 bridgehead atoms. The number of nitrogens with one attached hydrogen (secondary N) is 1. The maximum absolute atomic E-state index is 13.3. The Labute approximate surface area is 153 Å². The van der Waals surface area contributed by atoms with Gasteiger partial charge in [0.05, 0.1) is 6.04 Å². The number of hydrogen-bond acceptors (Lipinski definition) is 2. The zero-order chi connectivity index (χ0) is 17.5. The van der Waals surface area contributed by atoms with Crippen molar-refractivity contribution in [3.8, 4) is 0 Å². The predicted octanol–water partition coefficient (Wildman–Crippen LogP) is 3.83. The van der Waals surface area contributed by atoms with E-state index in [-0.39, 0.29) is 11.9 Å². The Morgan fingerprint density at radius 1 is 1.00 bits per heavy atom. The van der Waals surface area contributed by atoms with Crippen molar-refractivity contribution in [1.82, 2.24) is 14.8 Å². The molecule has 1 unspecified atom stereocenters. The molecular weight excluding hydrogens is 322 g/mol. The molecule has 1 aliphatic carbocycles. The number of H-pyrrole nitrogens is 1. The van der Waals surface area contributed by atoms with Crippen LogP contribution in [0.4, 0.5) is 0 Å². The normalized spacial score (nSPS) is 21.2. The molecule has 1 atom stereocenters. The van der Waals surface area contributed by atoms with Crippen molar-refractivity contribution in [1.29, 1.82) is 0 Å². The molecule has 1 N–H and O–H groups in total. The van der Waals surface area contributed by atoms with Crippen molar-refractivity contribution in [2.75, 3.05) is 19.6 Å². The average Bonchev–Trinajstić information content (AvgIpc) is 3.45. The Balaban J connectivity index is 1.47. The van der Waals surface area contributed by atoms with Crippen LogP contribution in [-0.2, 0) is 0 Å². The summed E-state index contributed by atoms with van der Waals surface area (Å²) < 4.78 is 0. The SMILES string of the molecule is O=C(c1ccc2cc[nH]c2c1)N1CCN(C2CC2)CC1c1ccccc1. The van der Waals surface area contributed by atoms with Gasteiger partial charge in [0.15, 0.2) is 0 Å². The highest BCUT2D eigenvalue weighted by molar-refractivity contribution is 5.98. The Bertz CT molecular complexity index is 929. The second-order valence-corrected chi connectivity index (χ2v) is 7.43. The second-order valence-electron chi connectivity index (χ2n) is 7.43. The van der Waals surface area contributed by atoms with Crippen molar-refractivity contribution in [3.05, 3.63) is 71.9 Å². The number of rotatable bonds is 3. The summed E-state index contributed by atoms with van der Waals surface area (Å²) in [6, 6.07) is 19.3. The lowest BCUT2D eigenvalue weighted by Gasteiger charge is -2.42. The third-order valence-electron chi connectivity index (χ3n) is 5.72. The summed E-state index contributed by atoms with van der Waals surface area (Å²) in [5.41, 5.74) is 3.01. The third kappa shape index (κ3) is 2.80. The molecule has 1 amide bonds. The van der Waals surface area contributed by atoms with Crippen LogP contribution < -0.4 is 0 Å². The highest BCUT2D eigenvalue weighted by Crippen LogP contribution is 2.34. The summed E-state index contributed by atoms with van der Waals surface area (Å²) in [6.07, 6.45) is 4.53. The van der Waals surface area contributed by atoms with Crippen LogP contribution in [0.5, 0.6) is 0 Å². The molecule has 2 aliphatic rings. The van der Waals surface area contributed by atoms with E-state index in [1.54, 1.807) is 0 Å². The minimum atomic E-state index is 0.123. The van der Waals surface area contributed by atoms with E-state index in [0.29, 0.717) is 0 Å². The summed E-state index contributed by atoms with van der Waals surface area (Å²) in [7, 11) is 0. The summed E-state index contributed by atoms with van der Waals surface area (Å²) in [6.45, 7) is 2.70. The van der Waals surface area contributed by atoms with Gasteiger partial charge in [-0.1, -0.05) is 36.4 Å². The zero-order valence-corrected chi connectivity index (χ0v) is 14.8. The minimum Gasteiger partial charge on any atom is -0.361 e. The summed E-state index contributed by atoms with van der Waals surface area (Å²) >= 11 is 0. The number of fused-ring (bicyclic) bond motifs is 1. The van der Waals surface area contributed by atoms with Gasteiger partial charge in [0.25, 0.3) is 5.91 Å². The van der Waals surface area contributed by atoms with Crippen LogP contribution in [0.1, 0.15) is 34.8 Å². The largest absolute Gasteiger partial charge is 0.361 e. The van der Waals surface area contributed by atoms with Crippen molar-refractivity contribution in [2.24, 2.45) is 0 Å². The number of aromatic amines is 1. The van der Waals surface area contributed by atoms with E-state index in [1.165, 1.54) is 18.4 Å². The number of aromatic nitrogens is 1. The molecule has 4 nitrogen and oxygen atoms in total. The van der Waals surface area contributed by atoms with E-state index < -0.39 is 0 Å². The summed E-state index contributed by atoms with van der Waals surface area (Å²) in [5.74, 6) is 0.130. The number of carbonyl (C=O) groups excluding carboxylic acids is 1. The first-order valence-electron chi connectivity index (χ1n) is 9.47. The number of benzene rings is 2. The van der Waals surface area contributed by atoms with Crippen LogP contribution >= 0.6 is 0 Å². The fourth-order valence-electron chi connectivity index (χ4n) is 4.13. The van der Waals surface area contributed by atoms with E-state index in [4.69, 9.17) is 0 Å². The second kappa shape index (κ2) is 6.29. The van der Waals surface area contributed by atoms with Crippen molar-refractivity contribution in [3.63, 3.8) is 0 Å². The van der Waals surface area contributed by atoms with E-state index in [0.717, 1.165) is 42.1 Å². The Morgan fingerprint density at radius 3 is 2.65 bits per heavy atom. The maximum atomic E-state index is 13.3. The van der Waals surface area contributed by atoms with Crippen LogP contribution in [0.3, 0.4) is 0 Å². The Kier molecular flexibility index (Phi) is 3.79. The standard InChI is InChI=1S/C22H23N3O/c26-22(18-7-6-16-10-11-23-20(16)14-18)25-13-12-24(19-8-9-19)15-21(25)17-4-2-1-3-5-17/h1-7,10-11,14,19,21,23H,8-9,12-13,15H2. The Hall–Kier alpha value is -2.59. The number of carbonyl (C=O) groups is 1. The van der Waals surface area contributed by atoms with Crippen molar-refractivity contribution >= 4 is 16.8 Å². The molecule has 1 aromatic heterocycles. The molecule has 0 radical (unpaired) electrons. The summed E-state index contributed by atoms with van der Waals surface area (Å²) in [5, 5.41) is 1.14. The summed E-state index contributed by atoms with van der Waals surface area (Å²) in [4.78, 5) is 21.2. The van der Waals surface area contributed by atoms with E-state index in [1.807, 2.05) is 36.5 Å². The van der Waals surface area contributed by atoms with E-state index >= 15 is 0 Å². The van der Waals surface area contributed by atoms with Gasteiger partial charge in [0.2, 0.25) is 0 Å². The molecule has 5 rings (SSSR count). The topological polar surface area (TPSA) is 39.3 Å². The molecule has 2 heterocycles. The lowest BCUT2D eigenvalue weighted by atomic mass is 10.0. The first kappa shape index (κ1) is 15.6. The number of piperazine rings is 1. The van der Waals surface area contributed by atoms with Crippen LogP contribution in [0, 0.1) is 0 Å². The van der Waals surface area contributed by atoms with Crippen LogP contribution in [0.2, 0.25) is 0 Å². The van der Waals surface area contributed by atoms with Crippen LogP contribution in [0.15, 0.2) is 60.8 Å². The van der Waals surface area contributed by atoms with Gasteiger partial charge in [-0.15, -0.1) is 0 Å². The molecule has 26 heavy (non-hydrogen) atoms. The maximum Gasteiger partial charge on any atom is 0.254 e. The van der Waals surface area contributed by atoms with Crippen molar-refractivity contribution < 1.29 is 4.79 Å². The lowest BCUT2D eigenvalue weighted by molar-refractivity contribution is 0.0433. The van der Waals surface area contributed by atoms with Gasteiger partial charge in [0, 0.05) is 43.0 Å². The highest BCUT2D eigenvalue weighted by Gasteiger charge is 2.38. The number of amides is 1. The molecule has 132 valence electrons. The first-order chi connectivity index (χ1) is 12.8. The molecular formula is C22H23N3O. The molecule has 2 aromatic carbocycles. The van der Waals surface area contributed by atoms with Gasteiger partial charge in [-0.2, -0.15) is 0 Å². The monoisotopic (exact) mass is 345 g/mol. The quantitative estimate of drug-likeness (QED) is 0.784. The zero-order valence-electron chi connectivity index (χ0n) is 14.8. The number of nitrogens with zero attached hydrogens (tertiary/aromatic N) is 2. The van der Waals surface area contributed by atoms with Gasteiger partial charge in [-0.25, -0.2) is 0 Å². The molecule has 1 saturated carbocycles. The smallest absolute Gasteiger partial charge is 0.254 e. The van der Waals surface area contributed by atoms with Gasteiger partial charge >= 0.3 is 0 Å². The third-order valence-corrected chi connectivity index (χ3v) is 5.72. The fourth-order valence-corrected chi connectivity index (χ4v) is 4.13. The lowest BCUT2D eigenvalue weighted by Crippen LogP contribution is -2.51. The van der Waals surface area contributed by atoms with E-state index in [2.05, 4.69) is 39.0 Å². The van der Waals surface area contributed by atoms with Gasteiger partial charge in [-0.3, -0.25) is 9.69 Å². The van der Waals surface area contributed by atoms with Crippen LogP contribution in [-0.4, -0.2) is 46.4 Å². The first-order valence-corrected chi connectivity index (χ1v) is 9.47. The molecule has 3 aromatic rings. The molecule has 0 spiro atoms. The van der Waals surface area contributed by atoms with Gasteiger partial charge in [0.1, 0.15) is 0 Å². The highest BCUT2D eigenvalue weighted by atomic mass is 16.2. The molecule has 4 heteroatoms. The average molecular weight is 345 g/mol. The Morgan fingerprint density at radius 2 is 1.85 bits per heavy atom. The van der Waals surface area contributed by atoms with Crippen molar-refractivity contribution in [2.45, 2.75) is 24.9 Å². The number of hydrogen-bond donors (Lipinski definition) is 1. The fraction of sp³-hybridized carbons (Fsp3) is 0.318. The predicted molar refractivity (Wildman–Crippen MR) is 103 cm³/mol. The van der Waals surface area contributed by atoms with E-state index in [9.17, 15) is 4.79 Å². The minimum absolute atomic E-state index is 0.123. The van der Waals surface area contributed by atoms with Gasteiger partial charge < -0.3 is 9.88 Å². The molecule has 1 aliphatic heterocycles. The molecule has 1 saturated heterocycles.